The van der Waals surface area contributed by atoms with Crippen LogP contribution in [0.4, 0.5) is 0 Å². The lowest BCUT2D eigenvalue weighted by atomic mass is 10.1. The number of rotatable bonds is 8. The molecular weight excluding hydrogens is 298 g/mol. The molecule has 5 heteroatoms. The van der Waals surface area contributed by atoms with Crippen molar-refractivity contribution in [2.45, 2.75) is 43.9 Å². The number of hydrogen-bond donors (Lipinski definition) is 1. The highest BCUT2D eigenvalue weighted by atomic mass is 32.2. The van der Waals surface area contributed by atoms with Crippen LogP contribution in [0.15, 0.2) is 23.1 Å². The number of thioether (sulfide) groups is 1. The molecule has 0 saturated heterocycles. The fraction of sp³-hybridized carbons (Fsp3) is 0.529. The Balaban J connectivity index is 1.62. The van der Waals surface area contributed by atoms with Gasteiger partial charge in [-0.1, -0.05) is 6.07 Å². The molecule has 120 valence electrons. The number of ether oxygens (including phenoxy) is 1. The van der Waals surface area contributed by atoms with Gasteiger partial charge in [-0.05, 0) is 55.9 Å². The summed E-state index contributed by atoms with van der Waals surface area (Å²) in [6, 6.07) is 6.49. The molecule has 1 aromatic carbocycles. The summed E-state index contributed by atoms with van der Waals surface area (Å²) in [5, 5.41) is 2.84. The summed E-state index contributed by atoms with van der Waals surface area (Å²) >= 11 is 1.56. The highest BCUT2D eigenvalue weighted by Gasteiger charge is 2.11. The SMILES string of the molecule is CCOC(=O)CCCNC(=O)CSc1ccc2c(c1)CCC2. The van der Waals surface area contributed by atoms with E-state index in [-0.39, 0.29) is 11.9 Å². The minimum atomic E-state index is -0.204. The van der Waals surface area contributed by atoms with E-state index in [1.54, 1.807) is 18.7 Å². The molecule has 22 heavy (non-hydrogen) atoms. The number of nitrogens with one attached hydrogen (secondary N) is 1. The Bertz CT molecular complexity index is 531. The van der Waals surface area contributed by atoms with Crippen LogP contribution in [0.2, 0.25) is 0 Å². The van der Waals surface area contributed by atoms with E-state index in [4.69, 9.17) is 4.74 Å². The van der Waals surface area contributed by atoms with E-state index in [9.17, 15) is 9.59 Å². The van der Waals surface area contributed by atoms with Crippen molar-refractivity contribution in [1.29, 1.82) is 0 Å². The topological polar surface area (TPSA) is 55.4 Å². The van der Waals surface area contributed by atoms with Crippen LogP contribution in [-0.4, -0.2) is 30.8 Å². The lowest BCUT2D eigenvalue weighted by Gasteiger charge is -2.06. The van der Waals surface area contributed by atoms with Crippen LogP contribution in [0.5, 0.6) is 0 Å². The van der Waals surface area contributed by atoms with E-state index in [1.165, 1.54) is 24.0 Å². The van der Waals surface area contributed by atoms with E-state index in [1.807, 2.05) is 0 Å². The number of fused-ring (bicyclic) bond motifs is 1. The molecule has 1 aliphatic carbocycles. The molecule has 0 spiro atoms. The van der Waals surface area contributed by atoms with Gasteiger partial charge in [-0.15, -0.1) is 11.8 Å². The van der Waals surface area contributed by atoms with Gasteiger partial charge in [-0.3, -0.25) is 9.59 Å². The van der Waals surface area contributed by atoms with Crippen molar-refractivity contribution in [2.24, 2.45) is 0 Å². The summed E-state index contributed by atoms with van der Waals surface area (Å²) in [6.45, 7) is 2.71. The standard InChI is InChI=1S/C17H23NO3S/c1-2-21-17(20)7-4-10-18-16(19)12-22-15-9-8-13-5-3-6-14(13)11-15/h8-9,11H,2-7,10,12H2,1H3,(H,18,19). The van der Waals surface area contributed by atoms with Gasteiger partial charge in [0.05, 0.1) is 12.4 Å². The van der Waals surface area contributed by atoms with Crippen LogP contribution in [0.3, 0.4) is 0 Å². The largest absolute Gasteiger partial charge is 0.466 e. The highest BCUT2D eigenvalue weighted by Crippen LogP contribution is 2.27. The number of esters is 1. The van der Waals surface area contributed by atoms with Gasteiger partial charge in [0.15, 0.2) is 0 Å². The van der Waals surface area contributed by atoms with Crippen molar-refractivity contribution in [3.8, 4) is 0 Å². The monoisotopic (exact) mass is 321 g/mol. The normalized spacial score (nSPS) is 12.8. The molecule has 1 aromatic rings. The van der Waals surface area contributed by atoms with Crippen LogP contribution in [0.25, 0.3) is 0 Å². The lowest BCUT2D eigenvalue weighted by molar-refractivity contribution is -0.143. The van der Waals surface area contributed by atoms with Crippen LogP contribution in [-0.2, 0) is 27.2 Å². The van der Waals surface area contributed by atoms with Crippen molar-refractivity contribution in [2.75, 3.05) is 18.9 Å². The summed E-state index contributed by atoms with van der Waals surface area (Å²) in [5.41, 5.74) is 2.88. The third kappa shape index (κ3) is 5.37. The maximum atomic E-state index is 11.8. The first-order chi connectivity index (χ1) is 10.7. The average Bonchev–Trinajstić information content (AvgIpc) is 2.97. The molecule has 0 bridgehead atoms. The van der Waals surface area contributed by atoms with Crippen LogP contribution >= 0.6 is 11.8 Å². The van der Waals surface area contributed by atoms with Crippen molar-refractivity contribution in [3.05, 3.63) is 29.3 Å². The number of carbonyl (C=O) groups is 2. The summed E-state index contributed by atoms with van der Waals surface area (Å²) in [7, 11) is 0. The highest BCUT2D eigenvalue weighted by molar-refractivity contribution is 8.00. The number of benzene rings is 1. The van der Waals surface area contributed by atoms with Crippen LogP contribution < -0.4 is 5.32 Å². The zero-order valence-corrected chi connectivity index (χ0v) is 13.8. The lowest BCUT2D eigenvalue weighted by Crippen LogP contribution is -2.26. The van der Waals surface area contributed by atoms with Crippen molar-refractivity contribution in [1.82, 2.24) is 5.32 Å². The van der Waals surface area contributed by atoms with Gasteiger partial charge >= 0.3 is 5.97 Å². The van der Waals surface area contributed by atoms with Gasteiger partial charge in [0, 0.05) is 17.9 Å². The van der Waals surface area contributed by atoms with E-state index in [0.29, 0.717) is 31.7 Å². The van der Waals surface area contributed by atoms with Gasteiger partial charge < -0.3 is 10.1 Å². The molecule has 2 rings (SSSR count). The molecule has 0 aliphatic heterocycles. The zero-order valence-electron chi connectivity index (χ0n) is 13.0. The Morgan fingerprint density at radius 3 is 2.91 bits per heavy atom. The molecule has 0 saturated carbocycles. The molecule has 0 radical (unpaired) electrons. The van der Waals surface area contributed by atoms with Crippen LogP contribution in [0, 0.1) is 0 Å². The minimum Gasteiger partial charge on any atom is -0.466 e. The minimum absolute atomic E-state index is 0.00866. The van der Waals surface area contributed by atoms with Gasteiger partial charge in [0.1, 0.15) is 0 Å². The molecular formula is C17H23NO3S. The summed E-state index contributed by atoms with van der Waals surface area (Å²) in [6.07, 6.45) is 4.55. The van der Waals surface area contributed by atoms with Crippen molar-refractivity contribution in [3.63, 3.8) is 0 Å². The second-order valence-electron chi connectivity index (χ2n) is 5.33. The molecule has 0 fully saturated rings. The molecule has 4 nitrogen and oxygen atoms in total. The Hall–Kier alpha value is -1.49. The summed E-state index contributed by atoms with van der Waals surface area (Å²) < 4.78 is 4.84. The van der Waals surface area contributed by atoms with E-state index in [0.717, 1.165) is 11.3 Å². The number of hydrogen-bond acceptors (Lipinski definition) is 4. The predicted molar refractivity (Wildman–Crippen MR) is 88.1 cm³/mol. The average molecular weight is 321 g/mol. The third-order valence-electron chi connectivity index (χ3n) is 3.63. The molecule has 0 unspecified atom stereocenters. The third-order valence-corrected chi connectivity index (χ3v) is 4.62. The van der Waals surface area contributed by atoms with Crippen LogP contribution in [0.1, 0.15) is 37.3 Å². The zero-order chi connectivity index (χ0) is 15.8. The Morgan fingerprint density at radius 2 is 2.09 bits per heavy atom. The Morgan fingerprint density at radius 1 is 1.27 bits per heavy atom. The van der Waals surface area contributed by atoms with E-state index in [2.05, 4.69) is 23.5 Å². The molecule has 1 amide bonds. The molecule has 0 atom stereocenters. The summed E-state index contributed by atoms with van der Waals surface area (Å²) in [4.78, 5) is 24.1. The van der Waals surface area contributed by atoms with Gasteiger partial charge in [0.2, 0.25) is 5.91 Å². The molecule has 1 N–H and O–H groups in total. The van der Waals surface area contributed by atoms with Crippen molar-refractivity contribution >= 4 is 23.6 Å². The molecule has 1 aliphatic rings. The second-order valence-corrected chi connectivity index (χ2v) is 6.38. The summed E-state index contributed by atoms with van der Waals surface area (Å²) in [5.74, 6) is 0.219. The first-order valence-corrected chi connectivity index (χ1v) is 8.84. The molecule has 0 aromatic heterocycles. The first-order valence-electron chi connectivity index (χ1n) is 7.86. The van der Waals surface area contributed by atoms with Crippen molar-refractivity contribution < 1.29 is 14.3 Å². The second kappa shape index (κ2) is 8.83. The number of carbonyl (C=O) groups excluding carboxylic acids is 2. The quantitative estimate of drug-likeness (QED) is 0.454. The smallest absolute Gasteiger partial charge is 0.305 e. The first kappa shape index (κ1) is 16.9. The van der Waals surface area contributed by atoms with E-state index < -0.39 is 0 Å². The Labute approximate surface area is 136 Å². The Kier molecular flexibility index (Phi) is 6.77. The van der Waals surface area contributed by atoms with E-state index >= 15 is 0 Å². The fourth-order valence-electron chi connectivity index (χ4n) is 2.53. The fourth-order valence-corrected chi connectivity index (χ4v) is 3.32. The van der Waals surface area contributed by atoms with Gasteiger partial charge in [0.25, 0.3) is 0 Å². The molecule has 0 heterocycles. The maximum absolute atomic E-state index is 11.8. The maximum Gasteiger partial charge on any atom is 0.305 e. The predicted octanol–water partition coefficient (Wildman–Crippen LogP) is 2.73. The van der Waals surface area contributed by atoms with Gasteiger partial charge in [-0.25, -0.2) is 0 Å². The van der Waals surface area contributed by atoms with Gasteiger partial charge in [-0.2, -0.15) is 0 Å². The number of aryl methyl sites for hydroxylation is 2. The number of amides is 1.